The van der Waals surface area contributed by atoms with Gasteiger partial charge in [0.2, 0.25) is 16.1 Å². The molecule has 0 heterocycles. The summed E-state index contributed by atoms with van der Waals surface area (Å²) in [5, 5.41) is 0. The lowest BCUT2D eigenvalue weighted by molar-refractivity contribution is -0.138. The van der Waals surface area contributed by atoms with Gasteiger partial charge in [-0.05, 0) is 25.2 Å². The first kappa shape index (κ1) is 19.6. The maximum absolute atomic E-state index is 12.5. The number of amides is 1. The van der Waals surface area contributed by atoms with Crippen molar-refractivity contribution in [2.24, 2.45) is 0 Å². The summed E-state index contributed by atoms with van der Waals surface area (Å²) in [6, 6.07) is 14.1. The number of sulfonamides is 1. The largest absolute Gasteiger partial charge is 0.444 e. The molecule has 0 aromatic heterocycles. The van der Waals surface area contributed by atoms with Crippen LogP contribution in [-0.2, 0) is 19.6 Å². The number of nitrogens with one attached hydrogen (secondary N) is 1. The van der Waals surface area contributed by atoms with E-state index in [2.05, 4.69) is 4.72 Å². The van der Waals surface area contributed by atoms with E-state index in [0.717, 1.165) is 0 Å². The fourth-order valence-electron chi connectivity index (χ4n) is 2.21. The number of nitrogens with zero attached hydrogens (tertiary/aromatic N) is 1. The Labute approximate surface area is 152 Å². The molecule has 0 unspecified atom stereocenters. The van der Waals surface area contributed by atoms with Gasteiger partial charge in [-0.2, -0.15) is 0 Å². The van der Waals surface area contributed by atoms with Gasteiger partial charge in [0.1, 0.15) is 0 Å². The zero-order valence-electron chi connectivity index (χ0n) is 14.7. The summed E-state index contributed by atoms with van der Waals surface area (Å²) >= 11 is 0. The maximum atomic E-state index is 12.5. The second-order valence-electron chi connectivity index (χ2n) is 5.66. The summed E-state index contributed by atoms with van der Waals surface area (Å²) in [6.07, 6.45) is -1.12. The van der Waals surface area contributed by atoms with E-state index in [0.29, 0.717) is 5.56 Å². The molecule has 1 atom stereocenters. The topological polar surface area (TPSA) is 92.8 Å². The number of likely N-dealkylation sites (N-methyl/N-ethyl adjacent to an activating group) is 1. The van der Waals surface area contributed by atoms with Crippen molar-refractivity contribution in [1.29, 1.82) is 0 Å². The fourth-order valence-corrected chi connectivity index (χ4v) is 2.98. The van der Waals surface area contributed by atoms with Crippen LogP contribution in [0.2, 0.25) is 0 Å². The van der Waals surface area contributed by atoms with Gasteiger partial charge < -0.3 is 9.64 Å². The Morgan fingerprint density at radius 1 is 1.04 bits per heavy atom. The van der Waals surface area contributed by atoms with Gasteiger partial charge >= 0.3 is 5.97 Å². The summed E-state index contributed by atoms with van der Waals surface area (Å²) in [4.78, 5) is 26.2. The Balaban J connectivity index is 2.33. The third-order valence-electron chi connectivity index (χ3n) is 3.64. The van der Waals surface area contributed by atoms with Gasteiger partial charge in [-0.3, -0.25) is 4.79 Å². The Kier molecular flexibility index (Phi) is 6.12. The molecule has 0 radical (unpaired) electrons. The lowest BCUT2D eigenvalue weighted by Gasteiger charge is -2.21. The SMILES string of the molecule is CNS(=O)(=O)c1cccc(C(=O)O[C@H](C(=O)N(C)C)c2ccccc2)c1. The number of carbonyl (C=O) groups excluding carboxylic acids is 2. The Morgan fingerprint density at radius 3 is 2.27 bits per heavy atom. The average Bonchev–Trinajstić information content (AvgIpc) is 2.66. The van der Waals surface area contributed by atoms with Crippen LogP contribution in [0.5, 0.6) is 0 Å². The van der Waals surface area contributed by atoms with E-state index in [1.54, 1.807) is 44.4 Å². The molecular weight excluding hydrogens is 356 g/mol. The third kappa shape index (κ3) is 4.47. The molecule has 2 rings (SSSR count). The summed E-state index contributed by atoms with van der Waals surface area (Å²) in [5.74, 6) is -1.19. The molecule has 0 bridgehead atoms. The fraction of sp³-hybridized carbons (Fsp3) is 0.222. The van der Waals surface area contributed by atoms with Crippen molar-refractivity contribution in [1.82, 2.24) is 9.62 Å². The Morgan fingerprint density at radius 2 is 1.69 bits per heavy atom. The second-order valence-corrected chi connectivity index (χ2v) is 7.55. The smallest absolute Gasteiger partial charge is 0.339 e. The first-order chi connectivity index (χ1) is 12.3. The molecule has 7 nitrogen and oxygen atoms in total. The van der Waals surface area contributed by atoms with Crippen LogP contribution in [0.3, 0.4) is 0 Å². The van der Waals surface area contributed by atoms with Gasteiger partial charge in [0, 0.05) is 19.7 Å². The van der Waals surface area contributed by atoms with Gasteiger partial charge in [0.25, 0.3) is 5.91 Å². The molecule has 0 spiro atoms. The monoisotopic (exact) mass is 376 g/mol. The minimum Gasteiger partial charge on any atom is -0.444 e. The Hall–Kier alpha value is -2.71. The van der Waals surface area contributed by atoms with Crippen molar-refractivity contribution in [2.45, 2.75) is 11.0 Å². The van der Waals surface area contributed by atoms with E-state index >= 15 is 0 Å². The zero-order chi connectivity index (χ0) is 19.3. The number of hydrogen-bond acceptors (Lipinski definition) is 5. The molecule has 8 heteroatoms. The lowest BCUT2D eigenvalue weighted by Crippen LogP contribution is -2.31. The average molecular weight is 376 g/mol. The number of hydrogen-bond donors (Lipinski definition) is 1. The van der Waals surface area contributed by atoms with Crippen LogP contribution in [0.1, 0.15) is 22.0 Å². The highest BCUT2D eigenvalue weighted by Crippen LogP contribution is 2.22. The third-order valence-corrected chi connectivity index (χ3v) is 5.05. The summed E-state index contributed by atoms with van der Waals surface area (Å²) in [7, 11) is 0.705. The Bertz CT molecular complexity index is 895. The highest BCUT2D eigenvalue weighted by atomic mass is 32.2. The summed E-state index contributed by atoms with van der Waals surface area (Å²) in [5.41, 5.74) is 0.562. The predicted octanol–water partition coefficient (Wildman–Crippen LogP) is 1.58. The minimum atomic E-state index is -3.70. The lowest BCUT2D eigenvalue weighted by atomic mass is 10.1. The van der Waals surface area contributed by atoms with E-state index in [1.807, 2.05) is 0 Å². The van der Waals surface area contributed by atoms with Crippen LogP contribution >= 0.6 is 0 Å². The molecule has 0 fully saturated rings. The summed E-state index contributed by atoms with van der Waals surface area (Å²) in [6.45, 7) is 0. The van der Waals surface area contributed by atoms with E-state index in [1.165, 1.54) is 36.2 Å². The van der Waals surface area contributed by atoms with Crippen molar-refractivity contribution in [3.63, 3.8) is 0 Å². The molecule has 26 heavy (non-hydrogen) atoms. The van der Waals surface area contributed by atoms with Crippen molar-refractivity contribution >= 4 is 21.9 Å². The zero-order valence-corrected chi connectivity index (χ0v) is 15.5. The molecule has 1 amide bonds. The number of carbonyl (C=O) groups is 2. The van der Waals surface area contributed by atoms with Gasteiger partial charge in [0.05, 0.1) is 10.5 Å². The van der Waals surface area contributed by atoms with Crippen LogP contribution in [0.4, 0.5) is 0 Å². The molecule has 0 saturated carbocycles. The minimum absolute atomic E-state index is 0.0359. The number of esters is 1. The van der Waals surface area contributed by atoms with Crippen LogP contribution < -0.4 is 4.72 Å². The molecular formula is C18H20N2O5S. The quantitative estimate of drug-likeness (QED) is 0.773. The molecule has 138 valence electrons. The van der Waals surface area contributed by atoms with Gasteiger partial charge in [-0.25, -0.2) is 17.9 Å². The second kappa shape index (κ2) is 8.11. The van der Waals surface area contributed by atoms with Crippen LogP contribution in [0.25, 0.3) is 0 Å². The molecule has 1 N–H and O–H groups in total. The molecule has 0 aliphatic rings. The molecule has 2 aromatic carbocycles. The molecule has 0 saturated heterocycles. The highest BCUT2D eigenvalue weighted by Gasteiger charge is 2.27. The van der Waals surface area contributed by atoms with E-state index in [9.17, 15) is 18.0 Å². The van der Waals surface area contributed by atoms with Crippen molar-refractivity contribution in [2.75, 3.05) is 21.1 Å². The molecule has 0 aliphatic carbocycles. The highest BCUT2D eigenvalue weighted by molar-refractivity contribution is 7.89. The standard InChI is InChI=1S/C18H20N2O5S/c1-19-26(23,24)15-11-7-10-14(12-15)18(22)25-16(17(21)20(2)3)13-8-5-4-6-9-13/h4-12,16,19H,1-3H3/t16-/m0/s1. The van der Waals surface area contributed by atoms with Crippen molar-refractivity contribution in [3.8, 4) is 0 Å². The number of benzene rings is 2. The molecule has 2 aromatic rings. The van der Waals surface area contributed by atoms with Gasteiger partial charge in [-0.1, -0.05) is 36.4 Å². The van der Waals surface area contributed by atoms with E-state index < -0.39 is 28.0 Å². The molecule has 0 aliphatic heterocycles. The van der Waals surface area contributed by atoms with Crippen molar-refractivity contribution in [3.05, 3.63) is 65.7 Å². The van der Waals surface area contributed by atoms with Crippen LogP contribution in [0, 0.1) is 0 Å². The van der Waals surface area contributed by atoms with E-state index in [-0.39, 0.29) is 10.5 Å². The van der Waals surface area contributed by atoms with Crippen LogP contribution in [-0.4, -0.2) is 46.3 Å². The van der Waals surface area contributed by atoms with Gasteiger partial charge in [-0.15, -0.1) is 0 Å². The predicted molar refractivity (Wildman–Crippen MR) is 96.0 cm³/mol. The van der Waals surface area contributed by atoms with Gasteiger partial charge in [0.15, 0.2) is 0 Å². The first-order valence-corrected chi connectivity index (χ1v) is 9.25. The first-order valence-electron chi connectivity index (χ1n) is 7.77. The van der Waals surface area contributed by atoms with Crippen molar-refractivity contribution < 1.29 is 22.7 Å². The normalized spacial score (nSPS) is 12.3. The number of ether oxygens (including phenoxy) is 1. The maximum Gasteiger partial charge on any atom is 0.339 e. The van der Waals surface area contributed by atoms with Crippen LogP contribution in [0.15, 0.2) is 59.5 Å². The number of rotatable bonds is 6. The van der Waals surface area contributed by atoms with E-state index in [4.69, 9.17) is 4.74 Å². The summed E-state index contributed by atoms with van der Waals surface area (Å²) < 4.78 is 31.4.